The number of benzene rings is 3. The van der Waals surface area contributed by atoms with Crippen LogP contribution in [0.4, 0.5) is 8.78 Å². The molecule has 3 aromatic carbocycles. The predicted molar refractivity (Wildman–Crippen MR) is 165 cm³/mol. The summed E-state index contributed by atoms with van der Waals surface area (Å²) in [7, 11) is 0. The molecule has 0 amide bonds. The second-order valence-corrected chi connectivity index (χ2v) is 12.3. The van der Waals surface area contributed by atoms with Crippen LogP contribution in [0.1, 0.15) is 111 Å². The van der Waals surface area contributed by atoms with Gasteiger partial charge in [0.2, 0.25) is 0 Å². The molecule has 0 bridgehead atoms. The van der Waals surface area contributed by atoms with E-state index in [4.69, 9.17) is 9.47 Å². The first-order chi connectivity index (χ1) is 21.0. The minimum Gasteiger partial charge on any atom is -0.507 e. The summed E-state index contributed by atoms with van der Waals surface area (Å²) in [5.41, 5.74) is 1.52. The summed E-state index contributed by atoms with van der Waals surface area (Å²) in [5, 5.41) is 10.3. The highest BCUT2D eigenvalue weighted by Crippen LogP contribution is 2.43. The third kappa shape index (κ3) is 8.36. The van der Waals surface area contributed by atoms with Crippen LogP contribution in [0, 0.1) is 23.5 Å². The number of phenols is 1. The molecule has 4 nitrogen and oxygen atoms in total. The molecule has 230 valence electrons. The molecule has 0 heterocycles. The summed E-state index contributed by atoms with van der Waals surface area (Å²) in [6, 6.07) is 16.5. The van der Waals surface area contributed by atoms with Gasteiger partial charge in [0.1, 0.15) is 11.5 Å². The normalized spacial score (nSPS) is 19.2. The van der Waals surface area contributed by atoms with Gasteiger partial charge in [0.15, 0.2) is 23.2 Å². The molecule has 3 aromatic rings. The van der Waals surface area contributed by atoms with E-state index in [0.717, 1.165) is 49.5 Å². The van der Waals surface area contributed by atoms with Crippen LogP contribution < -0.4 is 9.47 Å². The van der Waals surface area contributed by atoms with Crippen molar-refractivity contribution >= 4 is 5.78 Å². The van der Waals surface area contributed by atoms with E-state index in [-0.39, 0.29) is 35.4 Å². The molecular formula is C37H44F2O4. The van der Waals surface area contributed by atoms with Gasteiger partial charge in [0.05, 0.1) is 18.8 Å². The lowest BCUT2D eigenvalue weighted by Gasteiger charge is -2.36. The number of ether oxygens (including phenoxy) is 2. The number of carbonyl (C=O) groups excluding carboxylic acids is 1. The molecule has 0 atom stereocenters. The Hall–Kier alpha value is -3.41. The van der Waals surface area contributed by atoms with Gasteiger partial charge in [-0.25, -0.2) is 8.78 Å². The average molecular weight is 591 g/mol. The van der Waals surface area contributed by atoms with Crippen molar-refractivity contribution in [2.45, 2.75) is 89.4 Å². The average Bonchev–Trinajstić information content (AvgIpc) is 3.04. The van der Waals surface area contributed by atoms with Crippen molar-refractivity contribution in [3.05, 3.63) is 89.0 Å². The third-order valence-electron chi connectivity index (χ3n) is 9.38. The fraction of sp³-hybridized carbons (Fsp3) is 0.486. The first-order valence-corrected chi connectivity index (χ1v) is 16.2. The van der Waals surface area contributed by atoms with Crippen LogP contribution in [-0.2, 0) is 0 Å². The van der Waals surface area contributed by atoms with Gasteiger partial charge >= 0.3 is 0 Å². The van der Waals surface area contributed by atoms with Gasteiger partial charge in [-0.15, -0.1) is 0 Å². The van der Waals surface area contributed by atoms with Crippen molar-refractivity contribution in [1.29, 1.82) is 0 Å². The van der Waals surface area contributed by atoms with Crippen molar-refractivity contribution in [3.8, 4) is 17.2 Å². The van der Waals surface area contributed by atoms with E-state index in [2.05, 4.69) is 0 Å². The molecule has 0 unspecified atom stereocenters. The quantitative estimate of drug-likeness (QED) is 0.159. The first kappa shape index (κ1) is 31.0. The number of carbonyl (C=O) groups is 1. The van der Waals surface area contributed by atoms with E-state index < -0.39 is 11.6 Å². The molecule has 0 aromatic heterocycles. The number of halogens is 2. The minimum absolute atomic E-state index is 0.113. The number of hydrogen-bond acceptors (Lipinski definition) is 4. The molecule has 0 spiro atoms. The Morgan fingerprint density at radius 1 is 0.721 bits per heavy atom. The van der Waals surface area contributed by atoms with Crippen LogP contribution in [0.25, 0.3) is 0 Å². The number of hydrogen-bond donors (Lipinski definition) is 1. The summed E-state index contributed by atoms with van der Waals surface area (Å²) in [6.07, 6.45) is 14.4. The van der Waals surface area contributed by atoms with Crippen molar-refractivity contribution < 1.29 is 28.2 Å². The molecule has 0 aliphatic heterocycles. The Kier molecular flexibility index (Phi) is 11.1. The van der Waals surface area contributed by atoms with E-state index in [1.54, 1.807) is 36.4 Å². The Bertz CT molecular complexity index is 1300. The largest absolute Gasteiger partial charge is 0.507 e. The Morgan fingerprint density at radius 3 is 2.00 bits per heavy atom. The van der Waals surface area contributed by atoms with Crippen LogP contribution in [0.2, 0.25) is 0 Å². The number of phenolic OH excluding ortho intramolecular Hbond substituents is 1. The molecule has 0 radical (unpaired) electrons. The van der Waals surface area contributed by atoms with Gasteiger partial charge in [-0.05, 0) is 98.9 Å². The Balaban J connectivity index is 0.982. The maximum absolute atomic E-state index is 14.8. The zero-order valence-electron chi connectivity index (χ0n) is 25.0. The maximum Gasteiger partial charge on any atom is 0.196 e. The Labute approximate surface area is 254 Å². The number of rotatable bonds is 13. The molecule has 2 aliphatic carbocycles. The van der Waals surface area contributed by atoms with Gasteiger partial charge in [-0.1, -0.05) is 62.4 Å². The highest BCUT2D eigenvalue weighted by atomic mass is 19.1. The van der Waals surface area contributed by atoms with E-state index in [0.29, 0.717) is 24.3 Å². The second kappa shape index (κ2) is 15.4. The van der Waals surface area contributed by atoms with Crippen molar-refractivity contribution in [3.63, 3.8) is 0 Å². The van der Waals surface area contributed by atoms with Gasteiger partial charge in [0, 0.05) is 11.6 Å². The van der Waals surface area contributed by atoms with Crippen molar-refractivity contribution in [2.75, 3.05) is 13.2 Å². The van der Waals surface area contributed by atoms with Crippen LogP contribution in [0.15, 0.2) is 60.7 Å². The molecular weight excluding hydrogens is 546 g/mol. The highest BCUT2D eigenvalue weighted by molar-refractivity contribution is 6.10. The van der Waals surface area contributed by atoms with E-state index >= 15 is 0 Å². The van der Waals surface area contributed by atoms with E-state index in [9.17, 15) is 18.7 Å². The third-order valence-corrected chi connectivity index (χ3v) is 9.38. The van der Waals surface area contributed by atoms with Gasteiger partial charge < -0.3 is 14.6 Å². The number of unbranched alkanes of at least 4 members (excludes halogenated alkanes) is 3. The number of ketones is 1. The molecule has 2 aliphatic rings. The van der Waals surface area contributed by atoms with Crippen molar-refractivity contribution in [1.82, 2.24) is 0 Å². The van der Waals surface area contributed by atoms with Crippen LogP contribution >= 0.6 is 0 Å². The van der Waals surface area contributed by atoms with E-state index in [1.807, 2.05) is 6.07 Å². The zero-order chi connectivity index (χ0) is 30.0. The molecule has 5 rings (SSSR count). The van der Waals surface area contributed by atoms with Gasteiger partial charge in [-0.2, -0.15) is 0 Å². The molecule has 0 saturated heterocycles. The summed E-state index contributed by atoms with van der Waals surface area (Å²) in [4.78, 5) is 12.6. The topological polar surface area (TPSA) is 55.8 Å². The van der Waals surface area contributed by atoms with Crippen LogP contribution in [0.3, 0.4) is 0 Å². The first-order valence-electron chi connectivity index (χ1n) is 16.2. The lowest BCUT2D eigenvalue weighted by Crippen LogP contribution is -2.23. The maximum atomic E-state index is 14.8. The van der Waals surface area contributed by atoms with Crippen molar-refractivity contribution in [2.24, 2.45) is 11.8 Å². The molecule has 6 heteroatoms. The monoisotopic (exact) mass is 590 g/mol. The SMILES string of the molecule is O=C(c1ccccc1)c1ccc(OCCCCCCOc2c(F)cc(C3CCC(C4CCCCC4)CC3)cc2F)cc1O. The zero-order valence-corrected chi connectivity index (χ0v) is 25.0. The predicted octanol–water partition coefficient (Wildman–Crippen LogP) is 9.77. The number of aromatic hydroxyl groups is 1. The smallest absolute Gasteiger partial charge is 0.196 e. The van der Waals surface area contributed by atoms with Crippen LogP contribution in [0.5, 0.6) is 17.2 Å². The molecule has 2 saturated carbocycles. The van der Waals surface area contributed by atoms with E-state index in [1.165, 1.54) is 63.1 Å². The lowest BCUT2D eigenvalue weighted by molar-refractivity contribution is 0.103. The molecule has 1 N–H and O–H groups in total. The standard InChI is InChI=1S/C37H44F2O4/c38-33-23-30(28-17-15-27(16-18-28)26-11-5-3-6-12-26)24-34(39)37(33)43-22-10-2-1-9-21-42-31-19-20-32(35(40)25-31)36(41)29-13-7-4-8-14-29/h4,7-8,13-14,19-20,23-28,40H,1-3,5-6,9-12,15-18,21-22H2. The second-order valence-electron chi connectivity index (χ2n) is 12.3. The summed E-state index contributed by atoms with van der Waals surface area (Å²) >= 11 is 0. The summed E-state index contributed by atoms with van der Waals surface area (Å²) in [6.45, 7) is 0.713. The minimum atomic E-state index is -0.599. The van der Waals surface area contributed by atoms with Gasteiger partial charge in [-0.3, -0.25) is 4.79 Å². The molecule has 43 heavy (non-hydrogen) atoms. The lowest BCUT2D eigenvalue weighted by atomic mass is 9.70. The summed E-state index contributed by atoms with van der Waals surface area (Å²) in [5.74, 6) is 0.560. The summed E-state index contributed by atoms with van der Waals surface area (Å²) < 4.78 is 40.9. The van der Waals surface area contributed by atoms with Gasteiger partial charge in [0.25, 0.3) is 0 Å². The fourth-order valence-electron chi connectivity index (χ4n) is 6.94. The highest BCUT2D eigenvalue weighted by Gasteiger charge is 2.30. The van der Waals surface area contributed by atoms with Crippen LogP contribution in [-0.4, -0.2) is 24.1 Å². The molecule has 2 fully saturated rings. The Morgan fingerprint density at radius 2 is 1.35 bits per heavy atom. The fourth-order valence-corrected chi connectivity index (χ4v) is 6.94.